The minimum absolute atomic E-state index is 0.292. The van der Waals surface area contributed by atoms with Gasteiger partial charge >= 0.3 is 0 Å². The van der Waals surface area contributed by atoms with Gasteiger partial charge in [-0.3, -0.25) is 9.78 Å². The molecular weight excluding hydrogens is 327 g/mol. The highest BCUT2D eigenvalue weighted by Gasteiger charge is 2.14. The van der Waals surface area contributed by atoms with Crippen LogP contribution in [0.15, 0.2) is 35.1 Å². The molecule has 0 aliphatic carbocycles. The average molecular weight is 339 g/mol. The third-order valence-corrected chi connectivity index (χ3v) is 3.37. The molecule has 0 aliphatic rings. The van der Waals surface area contributed by atoms with Gasteiger partial charge in [0.2, 0.25) is 0 Å². The Morgan fingerprint density at radius 2 is 2.20 bits per heavy atom. The Morgan fingerprint density at radius 3 is 2.90 bits per heavy atom. The average Bonchev–Trinajstić information content (AvgIpc) is 2.44. The van der Waals surface area contributed by atoms with E-state index in [9.17, 15) is 9.18 Å². The number of hydrogen-bond acceptors (Lipinski definition) is 3. The molecule has 4 nitrogen and oxygen atoms in total. The maximum absolute atomic E-state index is 13.4. The van der Waals surface area contributed by atoms with Gasteiger partial charge in [-0.05, 0) is 46.6 Å². The van der Waals surface area contributed by atoms with Crippen LogP contribution in [-0.4, -0.2) is 18.0 Å². The van der Waals surface area contributed by atoms with Crippen molar-refractivity contribution in [2.45, 2.75) is 6.92 Å². The molecule has 1 aromatic carbocycles. The second-order valence-corrected chi connectivity index (χ2v) is 4.97. The van der Waals surface area contributed by atoms with Gasteiger partial charge in [-0.25, -0.2) is 4.39 Å². The first kappa shape index (κ1) is 14.5. The summed E-state index contributed by atoms with van der Waals surface area (Å²) in [6.07, 6.45) is 2.97. The largest absolute Gasteiger partial charge is 0.494 e. The van der Waals surface area contributed by atoms with Gasteiger partial charge < -0.3 is 10.1 Å². The zero-order chi connectivity index (χ0) is 14.7. The first-order chi connectivity index (χ1) is 9.52. The lowest BCUT2D eigenvalue weighted by molar-refractivity contribution is 0.102. The van der Waals surface area contributed by atoms with Crippen LogP contribution >= 0.6 is 15.9 Å². The first-order valence-corrected chi connectivity index (χ1v) is 6.57. The number of amides is 1. The number of benzene rings is 1. The summed E-state index contributed by atoms with van der Waals surface area (Å²) < 4.78 is 18.7. The van der Waals surface area contributed by atoms with Crippen LogP contribution in [0.1, 0.15) is 15.9 Å². The van der Waals surface area contributed by atoms with Crippen molar-refractivity contribution in [3.63, 3.8) is 0 Å². The highest BCUT2D eigenvalue weighted by molar-refractivity contribution is 9.10. The third kappa shape index (κ3) is 2.96. The topological polar surface area (TPSA) is 51.2 Å². The lowest BCUT2D eigenvalue weighted by atomic mass is 10.1. The molecule has 0 atom stereocenters. The molecule has 2 rings (SSSR count). The molecule has 0 bridgehead atoms. The molecule has 0 radical (unpaired) electrons. The highest BCUT2D eigenvalue weighted by atomic mass is 79.9. The van der Waals surface area contributed by atoms with E-state index in [0.29, 0.717) is 27.0 Å². The smallest absolute Gasteiger partial charge is 0.259 e. The summed E-state index contributed by atoms with van der Waals surface area (Å²) in [5, 5.41) is 2.73. The third-order valence-electron chi connectivity index (χ3n) is 2.76. The van der Waals surface area contributed by atoms with Crippen LogP contribution in [0.4, 0.5) is 10.1 Å². The Morgan fingerprint density at radius 1 is 1.45 bits per heavy atom. The SMILES string of the molecule is COc1cnccc1C(=O)Nc1cc(Br)c(F)cc1C. The Bertz CT molecular complexity index is 662. The maximum Gasteiger partial charge on any atom is 0.259 e. The van der Waals surface area contributed by atoms with Gasteiger partial charge in [0.15, 0.2) is 0 Å². The van der Waals surface area contributed by atoms with Gasteiger partial charge in [-0.1, -0.05) is 0 Å². The number of halogens is 2. The van der Waals surface area contributed by atoms with Crippen LogP contribution in [0, 0.1) is 12.7 Å². The van der Waals surface area contributed by atoms with E-state index in [1.807, 2.05) is 0 Å². The minimum Gasteiger partial charge on any atom is -0.494 e. The van der Waals surface area contributed by atoms with Gasteiger partial charge in [0.25, 0.3) is 5.91 Å². The van der Waals surface area contributed by atoms with Crippen molar-refractivity contribution >= 4 is 27.5 Å². The van der Waals surface area contributed by atoms with E-state index < -0.39 is 0 Å². The normalized spacial score (nSPS) is 10.2. The minimum atomic E-state index is -0.373. The number of aryl methyl sites for hydroxylation is 1. The molecule has 1 N–H and O–H groups in total. The Kier molecular flexibility index (Phi) is 4.34. The van der Waals surface area contributed by atoms with E-state index in [4.69, 9.17) is 4.74 Å². The fourth-order valence-corrected chi connectivity index (χ4v) is 2.04. The molecule has 0 saturated heterocycles. The van der Waals surface area contributed by atoms with Crippen LogP contribution in [-0.2, 0) is 0 Å². The summed E-state index contributed by atoms with van der Waals surface area (Å²) in [6.45, 7) is 1.72. The summed E-state index contributed by atoms with van der Waals surface area (Å²) in [5.74, 6) is -0.336. The second-order valence-electron chi connectivity index (χ2n) is 4.11. The highest BCUT2D eigenvalue weighted by Crippen LogP contribution is 2.25. The van der Waals surface area contributed by atoms with E-state index in [0.717, 1.165) is 0 Å². The summed E-state index contributed by atoms with van der Waals surface area (Å²) >= 11 is 3.09. The van der Waals surface area contributed by atoms with Crippen molar-refractivity contribution in [3.05, 3.63) is 52.0 Å². The summed E-state index contributed by atoms with van der Waals surface area (Å²) in [4.78, 5) is 16.1. The van der Waals surface area contributed by atoms with E-state index in [2.05, 4.69) is 26.2 Å². The van der Waals surface area contributed by atoms with Crippen LogP contribution in [0.25, 0.3) is 0 Å². The van der Waals surface area contributed by atoms with Crippen molar-refractivity contribution < 1.29 is 13.9 Å². The number of methoxy groups -OCH3 is 1. The molecular formula is C14H12BrFN2O2. The van der Waals surface area contributed by atoms with Crippen molar-refractivity contribution in [1.29, 1.82) is 0 Å². The van der Waals surface area contributed by atoms with Crippen LogP contribution in [0.2, 0.25) is 0 Å². The zero-order valence-corrected chi connectivity index (χ0v) is 12.5. The standard InChI is InChI=1S/C14H12BrFN2O2/c1-8-5-11(16)10(15)6-12(8)18-14(19)9-3-4-17-7-13(9)20-2/h3-7H,1-2H3,(H,18,19). The molecule has 104 valence electrons. The van der Waals surface area contributed by atoms with E-state index in [-0.39, 0.29) is 11.7 Å². The Balaban J connectivity index is 2.30. The first-order valence-electron chi connectivity index (χ1n) is 5.78. The number of ether oxygens (including phenoxy) is 1. The molecule has 6 heteroatoms. The number of carbonyl (C=O) groups is 1. The van der Waals surface area contributed by atoms with Crippen molar-refractivity contribution in [2.75, 3.05) is 12.4 Å². The number of pyridine rings is 1. The zero-order valence-electron chi connectivity index (χ0n) is 10.9. The number of aromatic nitrogens is 1. The molecule has 2 aromatic rings. The number of nitrogens with one attached hydrogen (secondary N) is 1. The molecule has 0 spiro atoms. The number of carbonyl (C=O) groups excluding carboxylic acids is 1. The molecule has 0 saturated carbocycles. The molecule has 0 aliphatic heterocycles. The lowest BCUT2D eigenvalue weighted by Crippen LogP contribution is -2.14. The predicted octanol–water partition coefficient (Wildman–Crippen LogP) is 3.55. The van der Waals surface area contributed by atoms with Gasteiger partial charge in [0, 0.05) is 11.9 Å². The van der Waals surface area contributed by atoms with Crippen molar-refractivity contribution in [2.24, 2.45) is 0 Å². The van der Waals surface area contributed by atoms with Gasteiger partial charge in [-0.15, -0.1) is 0 Å². The molecule has 1 heterocycles. The quantitative estimate of drug-likeness (QED) is 0.930. The monoisotopic (exact) mass is 338 g/mol. The molecule has 20 heavy (non-hydrogen) atoms. The predicted molar refractivity (Wildman–Crippen MR) is 77.6 cm³/mol. The molecule has 1 aromatic heterocycles. The fraction of sp³-hybridized carbons (Fsp3) is 0.143. The summed E-state index contributed by atoms with van der Waals surface area (Å²) in [7, 11) is 1.47. The number of hydrogen-bond donors (Lipinski definition) is 1. The number of nitrogens with zero attached hydrogens (tertiary/aromatic N) is 1. The van der Waals surface area contributed by atoms with Crippen molar-refractivity contribution in [1.82, 2.24) is 4.98 Å². The van der Waals surface area contributed by atoms with Gasteiger partial charge in [-0.2, -0.15) is 0 Å². The second kappa shape index (κ2) is 6.00. The van der Waals surface area contributed by atoms with Gasteiger partial charge in [0.05, 0.1) is 23.3 Å². The maximum atomic E-state index is 13.4. The van der Waals surface area contributed by atoms with Gasteiger partial charge in [0.1, 0.15) is 11.6 Å². The lowest BCUT2D eigenvalue weighted by Gasteiger charge is -2.11. The number of rotatable bonds is 3. The van der Waals surface area contributed by atoms with E-state index in [1.54, 1.807) is 13.0 Å². The summed E-state index contributed by atoms with van der Waals surface area (Å²) in [6, 6.07) is 4.43. The van der Waals surface area contributed by atoms with Crippen LogP contribution in [0.5, 0.6) is 5.75 Å². The van der Waals surface area contributed by atoms with Crippen LogP contribution < -0.4 is 10.1 Å². The van der Waals surface area contributed by atoms with E-state index in [1.165, 1.54) is 31.6 Å². The molecule has 0 fully saturated rings. The van der Waals surface area contributed by atoms with Crippen molar-refractivity contribution in [3.8, 4) is 5.75 Å². The number of anilines is 1. The fourth-order valence-electron chi connectivity index (χ4n) is 1.70. The molecule has 1 amide bonds. The Hall–Kier alpha value is -1.95. The van der Waals surface area contributed by atoms with E-state index >= 15 is 0 Å². The Labute approximate surface area is 124 Å². The molecule has 0 unspecified atom stereocenters. The summed E-state index contributed by atoms with van der Waals surface area (Å²) in [5.41, 5.74) is 1.52. The van der Waals surface area contributed by atoms with Crippen LogP contribution in [0.3, 0.4) is 0 Å².